The minimum Gasteiger partial charge on any atom is -0.381 e. The Morgan fingerprint density at radius 1 is 1.43 bits per heavy atom. The fourth-order valence-electron chi connectivity index (χ4n) is 1.35. The lowest BCUT2D eigenvalue weighted by molar-refractivity contribution is 0.623. The van der Waals surface area contributed by atoms with Gasteiger partial charge in [-0.05, 0) is 12.5 Å². The van der Waals surface area contributed by atoms with Crippen molar-refractivity contribution in [2.24, 2.45) is 7.05 Å². The maximum Gasteiger partial charge on any atom is 0.165 e. The van der Waals surface area contributed by atoms with Gasteiger partial charge in [0.15, 0.2) is 5.82 Å². The van der Waals surface area contributed by atoms with Crippen molar-refractivity contribution in [1.29, 1.82) is 0 Å². The molecule has 2 heterocycles. The average Bonchev–Trinajstić information content (AvgIpc) is 2.61. The second-order valence-electron chi connectivity index (χ2n) is 3.27. The van der Waals surface area contributed by atoms with Crippen molar-refractivity contribution in [1.82, 2.24) is 24.8 Å². The Bertz CT molecular complexity index is 440. The van der Waals surface area contributed by atoms with Crippen LogP contribution in [0.1, 0.15) is 11.3 Å². The molecule has 0 aliphatic rings. The molecular formula is C8H12N6. The average molecular weight is 192 g/mol. The first kappa shape index (κ1) is 8.74. The van der Waals surface area contributed by atoms with Crippen molar-refractivity contribution in [3.05, 3.63) is 23.7 Å². The lowest BCUT2D eigenvalue weighted by Gasteiger charge is -1.96. The van der Waals surface area contributed by atoms with E-state index in [0.717, 1.165) is 11.3 Å². The van der Waals surface area contributed by atoms with E-state index in [0.29, 0.717) is 12.4 Å². The molecular weight excluding hydrogens is 180 g/mol. The van der Waals surface area contributed by atoms with Crippen molar-refractivity contribution < 1.29 is 0 Å². The summed E-state index contributed by atoms with van der Waals surface area (Å²) in [7, 11) is 1.90. The highest BCUT2D eigenvalue weighted by molar-refractivity contribution is 5.21. The van der Waals surface area contributed by atoms with Gasteiger partial charge in [0.2, 0.25) is 0 Å². The van der Waals surface area contributed by atoms with E-state index < -0.39 is 0 Å². The third-order valence-electron chi connectivity index (χ3n) is 1.98. The van der Waals surface area contributed by atoms with Crippen LogP contribution in [0.2, 0.25) is 0 Å². The number of aryl methyl sites for hydroxylation is 2. The molecule has 0 atom stereocenters. The molecule has 2 aromatic heterocycles. The Balaban J connectivity index is 2.22. The van der Waals surface area contributed by atoms with Gasteiger partial charge in [0.1, 0.15) is 0 Å². The monoisotopic (exact) mass is 192 g/mol. The van der Waals surface area contributed by atoms with Gasteiger partial charge in [-0.25, -0.2) is 4.68 Å². The topological polar surface area (TPSA) is 74.5 Å². The summed E-state index contributed by atoms with van der Waals surface area (Å²) in [5.41, 5.74) is 7.58. The van der Waals surface area contributed by atoms with Crippen LogP contribution in [-0.2, 0) is 13.6 Å². The van der Waals surface area contributed by atoms with Gasteiger partial charge in [-0.1, -0.05) is 5.21 Å². The van der Waals surface area contributed by atoms with Gasteiger partial charge in [0.05, 0.1) is 18.4 Å². The molecule has 0 amide bonds. The first-order valence-corrected chi connectivity index (χ1v) is 4.30. The van der Waals surface area contributed by atoms with Crippen LogP contribution in [0.4, 0.5) is 5.82 Å². The van der Waals surface area contributed by atoms with Crippen molar-refractivity contribution in [2.45, 2.75) is 13.5 Å². The van der Waals surface area contributed by atoms with Crippen molar-refractivity contribution in [2.75, 3.05) is 5.73 Å². The van der Waals surface area contributed by atoms with E-state index in [-0.39, 0.29) is 0 Å². The van der Waals surface area contributed by atoms with E-state index in [4.69, 9.17) is 5.73 Å². The molecule has 6 nitrogen and oxygen atoms in total. The summed E-state index contributed by atoms with van der Waals surface area (Å²) in [5.74, 6) is 0.429. The van der Waals surface area contributed by atoms with Gasteiger partial charge >= 0.3 is 0 Å². The van der Waals surface area contributed by atoms with E-state index in [9.17, 15) is 0 Å². The second kappa shape index (κ2) is 3.13. The number of rotatable bonds is 2. The molecule has 0 radical (unpaired) electrons. The maximum atomic E-state index is 5.46. The Morgan fingerprint density at radius 3 is 2.71 bits per heavy atom. The number of nitrogens with two attached hydrogens (primary N) is 1. The van der Waals surface area contributed by atoms with E-state index in [1.165, 1.54) is 0 Å². The molecule has 0 aliphatic heterocycles. The third-order valence-corrected chi connectivity index (χ3v) is 1.98. The number of hydrogen-bond donors (Lipinski definition) is 1. The zero-order chi connectivity index (χ0) is 10.1. The van der Waals surface area contributed by atoms with Crippen molar-refractivity contribution >= 4 is 5.82 Å². The molecule has 0 spiro atoms. The van der Waals surface area contributed by atoms with Crippen molar-refractivity contribution in [3.63, 3.8) is 0 Å². The quantitative estimate of drug-likeness (QED) is 0.724. The predicted octanol–water partition coefficient (Wildman–Crippen LogP) is -0.0495. The van der Waals surface area contributed by atoms with E-state index in [1.54, 1.807) is 15.6 Å². The molecule has 6 heteroatoms. The fraction of sp³-hybridized carbons (Fsp3) is 0.375. The van der Waals surface area contributed by atoms with Gasteiger partial charge in [-0.2, -0.15) is 5.10 Å². The third kappa shape index (κ3) is 1.59. The van der Waals surface area contributed by atoms with Crippen LogP contribution in [0, 0.1) is 6.92 Å². The minimum absolute atomic E-state index is 0.429. The number of aromatic nitrogens is 5. The summed E-state index contributed by atoms with van der Waals surface area (Å²) in [6, 6.07) is 0. The van der Waals surface area contributed by atoms with Gasteiger partial charge in [-0.3, -0.25) is 4.68 Å². The molecule has 0 bridgehead atoms. The first-order valence-electron chi connectivity index (χ1n) is 4.30. The first-order chi connectivity index (χ1) is 6.65. The molecule has 2 N–H and O–H groups in total. The van der Waals surface area contributed by atoms with Crippen LogP contribution in [0.3, 0.4) is 0 Å². The maximum absolute atomic E-state index is 5.46. The van der Waals surface area contributed by atoms with Crippen LogP contribution in [0.15, 0.2) is 12.4 Å². The van der Waals surface area contributed by atoms with E-state index in [1.807, 2.05) is 20.2 Å². The summed E-state index contributed by atoms with van der Waals surface area (Å²) >= 11 is 0. The summed E-state index contributed by atoms with van der Waals surface area (Å²) < 4.78 is 3.45. The van der Waals surface area contributed by atoms with Crippen LogP contribution in [-0.4, -0.2) is 24.8 Å². The summed E-state index contributed by atoms with van der Waals surface area (Å²) in [6.07, 6.45) is 3.66. The Morgan fingerprint density at radius 2 is 2.21 bits per heavy atom. The molecule has 0 aliphatic carbocycles. The van der Waals surface area contributed by atoms with Crippen LogP contribution in [0.5, 0.6) is 0 Å². The molecule has 0 unspecified atom stereocenters. The zero-order valence-electron chi connectivity index (χ0n) is 8.18. The standard InChI is InChI=1S/C8H12N6/c1-6-3-13(2)11-7(6)4-14-5-8(9)10-12-14/h3,5H,4,9H2,1-2H3. The van der Waals surface area contributed by atoms with Gasteiger partial charge < -0.3 is 5.73 Å². The molecule has 0 saturated heterocycles. The highest BCUT2D eigenvalue weighted by Crippen LogP contribution is 2.06. The Hall–Kier alpha value is -1.85. The van der Waals surface area contributed by atoms with Crippen LogP contribution >= 0.6 is 0 Å². The molecule has 2 aromatic rings. The second-order valence-corrected chi connectivity index (χ2v) is 3.27. The largest absolute Gasteiger partial charge is 0.381 e. The summed E-state index contributed by atoms with van der Waals surface area (Å²) in [4.78, 5) is 0. The normalized spacial score (nSPS) is 10.7. The van der Waals surface area contributed by atoms with Crippen LogP contribution in [0.25, 0.3) is 0 Å². The minimum atomic E-state index is 0.429. The van der Waals surface area contributed by atoms with E-state index in [2.05, 4.69) is 15.4 Å². The Kier molecular flexibility index (Phi) is 1.95. The van der Waals surface area contributed by atoms with Crippen LogP contribution < -0.4 is 5.73 Å². The summed E-state index contributed by atoms with van der Waals surface area (Å²) in [5, 5.41) is 11.9. The SMILES string of the molecule is Cc1cn(C)nc1Cn1cc(N)nn1. The highest BCUT2D eigenvalue weighted by Gasteiger charge is 2.05. The van der Waals surface area contributed by atoms with Gasteiger partial charge in [0.25, 0.3) is 0 Å². The molecule has 0 aromatic carbocycles. The number of nitrogens with zero attached hydrogens (tertiary/aromatic N) is 5. The fourth-order valence-corrected chi connectivity index (χ4v) is 1.35. The lowest BCUT2D eigenvalue weighted by atomic mass is 10.3. The smallest absolute Gasteiger partial charge is 0.165 e. The molecule has 74 valence electrons. The number of anilines is 1. The zero-order valence-corrected chi connectivity index (χ0v) is 8.18. The number of nitrogen functional groups attached to an aromatic ring is 1. The number of hydrogen-bond acceptors (Lipinski definition) is 4. The Labute approximate surface area is 81.3 Å². The van der Waals surface area contributed by atoms with Gasteiger partial charge in [0, 0.05) is 13.2 Å². The summed E-state index contributed by atoms with van der Waals surface area (Å²) in [6.45, 7) is 2.62. The van der Waals surface area contributed by atoms with Gasteiger partial charge in [-0.15, -0.1) is 5.10 Å². The lowest BCUT2D eigenvalue weighted by Crippen LogP contribution is -2.03. The highest BCUT2D eigenvalue weighted by atomic mass is 15.4. The van der Waals surface area contributed by atoms with Crippen molar-refractivity contribution in [3.8, 4) is 0 Å². The van der Waals surface area contributed by atoms with E-state index >= 15 is 0 Å². The molecule has 2 rings (SSSR count). The molecule has 0 fully saturated rings. The molecule has 0 saturated carbocycles. The predicted molar refractivity (Wildman–Crippen MR) is 51.5 cm³/mol. The molecule has 14 heavy (non-hydrogen) atoms.